The van der Waals surface area contributed by atoms with Crippen LogP contribution in [0.3, 0.4) is 0 Å². The molecular weight excluding hydrogens is 520 g/mol. The standard InChI is InChI=1S/C28H32N4O8/c1-32(2)19(13-33)18-9-16-8-17-14(12-31-27(39)15-4-3-7-30-11-15)5-6-20(34)24(17)25(37)23(16)26(38)28(18,40)21(35)10-22(29)36/h3-7,11,16,18-19,33-34,38,40H,8-10,12-13H2,1-2H3,(H2,29,36)(H,31,39)/t16-,18-,19+,28+/m0/s1. The van der Waals surface area contributed by atoms with Gasteiger partial charge in [0, 0.05) is 36.5 Å². The Morgan fingerprint density at radius 3 is 2.55 bits per heavy atom. The number of primary amides is 1. The van der Waals surface area contributed by atoms with Gasteiger partial charge in [0.05, 0.1) is 24.2 Å². The number of phenolic OH excluding ortho intramolecular Hbond substituents is 1. The number of nitrogens with zero attached hydrogens (tertiary/aromatic N) is 2. The summed E-state index contributed by atoms with van der Waals surface area (Å²) in [5, 5.41) is 46.6. The Balaban J connectivity index is 1.78. The van der Waals surface area contributed by atoms with E-state index in [4.69, 9.17) is 5.73 Å². The molecule has 2 aromatic rings. The second-order valence-corrected chi connectivity index (χ2v) is 10.4. The summed E-state index contributed by atoms with van der Waals surface area (Å²) in [6.45, 7) is -0.459. The van der Waals surface area contributed by atoms with Gasteiger partial charge in [-0.1, -0.05) is 6.07 Å². The first kappa shape index (κ1) is 28.9. The lowest BCUT2D eigenvalue weighted by Crippen LogP contribution is -2.60. The molecule has 212 valence electrons. The fourth-order valence-corrected chi connectivity index (χ4v) is 5.85. The maximum Gasteiger partial charge on any atom is 0.253 e. The number of rotatable bonds is 9. The molecule has 40 heavy (non-hydrogen) atoms. The minimum atomic E-state index is -2.67. The number of aromatic nitrogens is 1. The van der Waals surface area contributed by atoms with E-state index < -0.39 is 59.7 Å². The molecule has 0 saturated heterocycles. The summed E-state index contributed by atoms with van der Waals surface area (Å²) >= 11 is 0. The summed E-state index contributed by atoms with van der Waals surface area (Å²) in [7, 11) is 3.25. The molecule has 4 atom stereocenters. The monoisotopic (exact) mass is 552 g/mol. The minimum Gasteiger partial charge on any atom is -0.508 e. The number of Topliss-reactive ketones (excluding diaryl/α,β-unsaturated/α-hetero) is 2. The molecule has 0 fully saturated rings. The van der Waals surface area contributed by atoms with E-state index in [2.05, 4.69) is 10.3 Å². The maximum atomic E-state index is 13.8. The Morgan fingerprint density at radius 2 is 1.95 bits per heavy atom. The molecule has 0 saturated carbocycles. The number of hydrogen-bond acceptors (Lipinski definition) is 10. The van der Waals surface area contributed by atoms with Crippen LogP contribution in [0.2, 0.25) is 0 Å². The normalized spacial score (nSPS) is 22.9. The molecule has 0 bridgehead atoms. The number of pyridine rings is 1. The van der Waals surface area contributed by atoms with Gasteiger partial charge in [-0.2, -0.15) is 0 Å². The largest absolute Gasteiger partial charge is 0.508 e. The summed E-state index contributed by atoms with van der Waals surface area (Å²) in [4.78, 5) is 56.6. The van der Waals surface area contributed by atoms with E-state index in [0.29, 0.717) is 16.7 Å². The molecule has 0 spiro atoms. The number of nitrogens with two attached hydrogens (primary N) is 1. The van der Waals surface area contributed by atoms with Crippen molar-refractivity contribution >= 4 is 23.4 Å². The molecule has 1 aromatic heterocycles. The van der Waals surface area contributed by atoms with Crippen LogP contribution in [0.25, 0.3) is 0 Å². The van der Waals surface area contributed by atoms with Crippen LogP contribution >= 0.6 is 0 Å². The first-order valence-corrected chi connectivity index (χ1v) is 12.7. The second kappa shape index (κ2) is 11.2. The quantitative estimate of drug-likeness (QED) is 0.230. The summed E-state index contributed by atoms with van der Waals surface area (Å²) in [6.07, 6.45) is 2.19. The Hall–Kier alpha value is -4.13. The van der Waals surface area contributed by atoms with Crippen LogP contribution in [0.15, 0.2) is 48.0 Å². The number of nitrogens with one attached hydrogen (secondary N) is 1. The lowest BCUT2D eigenvalue weighted by atomic mass is 9.61. The van der Waals surface area contributed by atoms with Crippen molar-refractivity contribution in [1.29, 1.82) is 0 Å². The van der Waals surface area contributed by atoms with Crippen molar-refractivity contribution in [2.24, 2.45) is 17.6 Å². The van der Waals surface area contributed by atoms with Crippen molar-refractivity contribution in [2.75, 3.05) is 20.7 Å². The smallest absolute Gasteiger partial charge is 0.253 e. The number of phenols is 1. The van der Waals surface area contributed by atoms with Gasteiger partial charge in [-0.25, -0.2) is 0 Å². The second-order valence-electron chi connectivity index (χ2n) is 10.4. The Bertz CT molecular complexity index is 1390. The van der Waals surface area contributed by atoms with E-state index in [1.165, 1.54) is 18.5 Å². The molecule has 0 aliphatic heterocycles. The zero-order chi connectivity index (χ0) is 29.4. The number of ketones is 2. The molecule has 1 heterocycles. The SMILES string of the molecule is CN(C)[C@H](CO)[C@@H]1C[C@@H]2Cc3c(CNC(=O)c4cccnc4)ccc(O)c3C(=O)C2=C(O)[C@]1(O)C(=O)CC(N)=O. The number of amides is 2. The zero-order valence-electron chi connectivity index (χ0n) is 22.1. The van der Waals surface area contributed by atoms with Crippen molar-refractivity contribution in [1.82, 2.24) is 15.2 Å². The highest BCUT2D eigenvalue weighted by Crippen LogP contribution is 2.49. The minimum absolute atomic E-state index is 0.00782. The van der Waals surface area contributed by atoms with Crippen molar-refractivity contribution in [3.05, 3.63) is 70.2 Å². The molecule has 12 nitrogen and oxygen atoms in total. The van der Waals surface area contributed by atoms with Crippen LogP contribution in [0.1, 0.15) is 44.7 Å². The predicted octanol–water partition coefficient (Wildman–Crippen LogP) is 0.00230. The fraction of sp³-hybridized carbons (Fsp3) is 0.393. The fourth-order valence-electron chi connectivity index (χ4n) is 5.85. The molecule has 1 aromatic carbocycles. The van der Waals surface area contributed by atoms with Crippen molar-refractivity contribution in [2.45, 2.75) is 37.5 Å². The van der Waals surface area contributed by atoms with Crippen LogP contribution in [-0.2, 0) is 22.6 Å². The first-order valence-electron chi connectivity index (χ1n) is 12.7. The molecule has 0 radical (unpaired) electrons. The molecule has 12 heteroatoms. The van der Waals surface area contributed by atoms with E-state index in [1.807, 2.05) is 0 Å². The van der Waals surface area contributed by atoms with Crippen LogP contribution in [0, 0.1) is 11.8 Å². The molecular formula is C28H32N4O8. The molecule has 4 rings (SSSR count). The van der Waals surface area contributed by atoms with Crippen molar-refractivity contribution in [3.8, 4) is 5.75 Å². The lowest BCUT2D eigenvalue weighted by molar-refractivity contribution is -0.151. The molecule has 7 N–H and O–H groups in total. The van der Waals surface area contributed by atoms with Gasteiger partial charge < -0.3 is 36.4 Å². The highest BCUT2D eigenvalue weighted by molar-refractivity contribution is 6.15. The number of likely N-dealkylation sites (N-methyl/N-ethyl adjacent to an activating group) is 1. The summed E-state index contributed by atoms with van der Waals surface area (Å²) < 4.78 is 0. The highest BCUT2D eigenvalue weighted by Gasteiger charge is 2.58. The average molecular weight is 553 g/mol. The number of hydrogen-bond donors (Lipinski definition) is 6. The van der Waals surface area contributed by atoms with Crippen molar-refractivity contribution in [3.63, 3.8) is 0 Å². The molecule has 2 aliphatic carbocycles. The number of carbonyl (C=O) groups is 4. The van der Waals surface area contributed by atoms with Crippen molar-refractivity contribution < 1.29 is 39.6 Å². The Kier molecular flexibility index (Phi) is 8.05. The number of allylic oxidation sites excluding steroid dienone is 1. The number of carbonyl (C=O) groups excluding carboxylic acids is 4. The van der Waals surface area contributed by atoms with E-state index in [0.717, 1.165) is 0 Å². The van der Waals surface area contributed by atoms with E-state index in [-0.39, 0.29) is 42.2 Å². The Morgan fingerprint density at radius 1 is 1.23 bits per heavy atom. The number of aliphatic hydroxyl groups excluding tert-OH is 2. The number of benzene rings is 1. The number of aromatic hydroxyl groups is 1. The molecule has 0 unspecified atom stereocenters. The third-order valence-corrected chi connectivity index (χ3v) is 7.85. The van der Waals surface area contributed by atoms with E-state index >= 15 is 0 Å². The van der Waals surface area contributed by atoms with Gasteiger partial charge in [0.2, 0.25) is 5.91 Å². The third-order valence-electron chi connectivity index (χ3n) is 7.85. The maximum absolute atomic E-state index is 13.8. The molecule has 2 amide bonds. The van der Waals surface area contributed by atoms with E-state index in [9.17, 15) is 39.6 Å². The van der Waals surface area contributed by atoms with Crippen LogP contribution in [0.5, 0.6) is 5.75 Å². The molecule has 2 aliphatic rings. The number of fused-ring (bicyclic) bond motifs is 2. The van der Waals surface area contributed by atoms with Crippen LogP contribution < -0.4 is 11.1 Å². The number of aliphatic hydroxyl groups is 3. The van der Waals surface area contributed by atoms with Gasteiger partial charge in [0.1, 0.15) is 11.5 Å². The van der Waals surface area contributed by atoms with Gasteiger partial charge in [-0.3, -0.25) is 24.2 Å². The van der Waals surface area contributed by atoms with Gasteiger partial charge in [-0.05, 0) is 62.2 Å². The van der Waals surface area contributed by atoms with Crippen LogP contribution in [-0.4, -0.2) is 86.0 Å². The summed E-state index contributed by atoms with van der Waals surface area (Å²) in [5.74, 6) is -6.37. The third kappa shape index (κ3) is 4.96. The average Bonchev–Trinajstić information content (AvgIpc) is 2.90. The van der Waals surface area contributed by atoms with Gasteiger partial charge in [0.25, 0.3) is 5.91 Å². The lowest BCUT2D eigenvalue weighted by Gasteiger charge is -2.47. The van der Waals surface area contributed by atoms with Gasteiger partial charge >= 0.3 is 0 Å². The highest BCUT2D eigenvalue weighted by atomic mass is 16.3. The van der Waals surface area contributed by atoms with Gasteiger partial charge in [0.15, 0.2) is 17.2 Å². The topological polar surface area (TPSA) is 203 Å². The van der Waals surface area contributed by atoms with E-state index in [1.54, 1.807) is 37.2 Å². The van der Waals surface area contributed by atoms with Gasteiger partial charge in [-0.15, -0.1) is 0 Å². The Labute approximate surface area is 230 Å². The summed E-state index contributed by atoms with van der Waals surface area (Å²) in [5.41, 5.74) is 3.54. The van der Waals surface area contributed by atoms with Crippen LogP contribution in [0.4, 0.5) is 0 Å². The first-order chi connectivity index (χ1) is 18.9. The predicted molar refractivity (Wildman–Crippen MR) is 141 cm³/mol. The zero-order valence-corrected chi connectivity index (χ0v) is 22.1. The summed E-state index contributed by atoms with van der Waals surface area (Å²) in [6, 6.07) is 5.28.